The maximum Gasteiger partial charge on any atom is 0.306 e. The summed E-state index contributed by atoms with van der Waals surface area (Å²) in [6.07, 6.45) is 3.28. The molecule has 0 aromatic heterocycles. The van der Waals surface area contributed by atoms with E-state index in [9.17, 15) is 4.79 Å². The van der Waals surface area contributed by atoms with Crippen LogP contribution in [0.5, 0.6) is 0 Å². The Balaban J connectivity index is 2.43. The van der Waals surface area contributed by atoms with Gasteiger partial charge in [-0.05, 0) is 38.5 Å². The van der Waals surface area contributed by atoms with Crippen molar-refractivity contribution in [3.63, 3.8) is 0 Å². The van der Waals surface area contributed by atoms with Crippen molar-refractivity contribution >= 4 is 11.9 Å². The fourth-order valence-electron chi connectivity index (χ4n) is 2.19. The van der Waals surface area contributed by atoms with E-state index >= 15 is 0 Å². The molecule has 0 radical (unpaired) electrons. The number of carbonyl (C=O) groups is 1. The summed E-state index contributed by atoms with van der Waals surface area (Å²) in [5, 5.41) is 8.84. The summed E-state index contributed by atoms with van der Waals surface area (Å²) in [6.45, 7) is 1.98. The van der Waals surface area contributed by atoms with Crippen molar-refractivity contribution in [1.29, 1.82) is 0 Å². The topological polar surface area (TPSA) is 102 Å². The lowest BCUT2D eigenvalue weighted by atomic mass is 9.79. The van der Waals surface area contributed by atoms with Crippen molar-refractivity contribution in [2.45, 2.75) is 38.6 Å². The third kappa shape index (κ3) is 3.42. The van der Waals surface area contributed by atoms with Crippen molar-refractivity contribution in [2.24, 2.45) is 28.3 Å². The highest BCUT2D eigenvalue weighted by Crippen LogP contribution is 2.31. The predicted molar refractivity (Wildman–Crippen MR) is 58.4 cm³/mol. The molecule has 0 bridgehead atoms. The molecular weight excluding hydrogens is 194 g/mol. The Morgan fingerprint density at radius 3 is 2.27 bits per heavy atom. The summed E-state index contributed by atoms with van der Waals surface area (Å²) in [5.74, 6) is -0.318. The van der Waals surface area contributed by atoms with Gasteiger partial charge in [0.15, 0.2) is 5.96 Å². The molecule has 5 N–H and O–H groups in total. The summed E-state index contributed by atoms with van der Waals surface area (Å²) in [5.41, 5.74) is 10.6. The lowest BCUT2D eigenvalue weighted by Gasteiger charge is -2.28. The van der Waals surface area contributed by atoms with E-state index < -0.39 is 5.97 Å². The summed E-state index contributed by atoms with van der Waals surface area (Å²) < 4.78 is 0. The van der Waals surface area contributed by atoms with Crippen LogP contribution in [0.15, 0.2) is 4.99 Å². The molecule has 1 fully saturated rings. The molecule has 1 saturated carbocycles. The number of guanidine groups is 1. The molecule has 0 spiro atoms. The van der Waals surface area contributed by atoms with Crippen LogP contribution in [0.4, 0.5) is 0 Å². The Morgan fingerprint density at radius 1 is 1.33 bits per heavy atom. The molecule has 0 aromatic carbocycles. The van der Waals surface area contributed by atoms with E-state index in [0.717, 1.165) is 25.7 Å². The highest BCUT2D eigenvalue weighted by molar-refractivity contribution is 5.75. The van der Waals surface area contributed by atoms with Gasteiger partial charge in [-0.1, -0.05) is 0 Å². The average molecular weight is 213 g/mol. The molecule has 1 atom stereocenters. The fourth-order valence-corrected chi connectivity index (χ4v) is 2.19. The van der Waals surface area contributed by atoms with Crippen molar-refractivity contribution in [1.82, 2.24) is 0 Å². The first-order valence-electron chi connectivity index (χ1n) is 5.32. The van der Waals surface area contributed by atoms with E-state index in [1.165, 1.54) is 0 Å². The number of carboxylic acids is 1. The lowest BCUT2D eigenvalue weighted by molar-refractivity contribution is -0.143. The van der Waals surface area contributed by atoms with Gasteiger partial charge in [0.05, 0.1) is 12.0 Å². The number of rotatable bonds is 3. The van der Waals surface area contributed by atoms with Crippen LogP contribution in [0.2, 0.25) is 0 Å². The second-order valence-corrected chi connectivity index (χ2v) is 4.24. The number of carboxylic acid groups (broad SMARTS) is 1. The molecule has 86 valence electrons. The maximum atomic E-state index is 10.7. The van der Waals surface area contributed by atoms with Crippen LogP contribution < -0.4 is 11.5 Å². The van der Waals surface area contributed by atoms with E-state index in [4.69, 9.17) is 16.6 Å². The summed E-state index contributed by atoms with van der Waals surface area (Å²) in [4.78, 5) is 14.8. The Kier molecular flexibility index (Phi) is 3.94. The molecule has 5 heteroatoms. The zero-order chi connectivity index (χ0) is 11.4. The van der Waals surface area contributed by atoms with Crippen LogP contribution in [0.1, 0.15) is 32.6 Å². The Hall–Kier alpha value is -1.26. The third-order valence-electron chi connectivity index (χ3n) is 3.16. The normalized spacial score (nSPS) is 28.1. The average Bonchev–Trinajstić information content (AvgIpc) is 2.17. The minimum absolute atomic E-state index is 0.102. The molecule has 0 aliphatic heterocycles. The lowest BCUT2D eigenvalue weighted by Crippen LogP contribution is -2.30. The van der Waals surface area contributed by atoms with Crippen LogP contribution in [-0.2, 0) is 4.79 Å². The first kappa shape index (κ1) is 11.8. The van der Waals surface area contributed by atoms with Crippen molar-refractivity contribution < 1.29 is 9.90 Å². The summed E-state index contributed by atoms with van der Waals surface area (Å²) in [6, 6.07) is 0.102. The molecule has 1 rings (SSSR count). The molecule has 0 amide bonds. The molecule has 5 nitrogen and oxygen atoms in total. The highest BCUT2D eigenvalue weighted by atomic mass is 16.4. The van der Waals surface area contributed by atoms with E-state index in [1.54, 1.807) is 0 Å². The van der Waals surface area contributed by atoms with Crippen molar-refractivity contribution in [2.75, 3.05) is 0 Å². The monoisotopic (exact) mass is 213 g/mol. The van der Waals surface area contributed by atoms with Crippen LogP contribution in [0.25, 0.3) is 0 Å². The molecule has 0 saturated heterocycles. The molecule has 15 heavy (non-hydrogen) atoms. The number of nitrogens with two attached hydrogens (primary N) is 2. The van der Waals surface area contributed by atoms with E-state index in [0.29, 0.717) is 5.92 Å². The number of hydrogen-bond acceptors (Lipinski definition) is 2. The zero-order valence-corrected chi connectivity index (χ0v) is 9.02. The van der Waals surface area contributed by atoms with E-state index in [1.807, 2.05) is 6.92 Å². The minimum Gasteiger partial charge on any atom is -0.481 e. The highest BCUT2D eigenvalue weighted by Gasteiger charge is 2.28. The summed E-state index contributed by atoms with van der Waals surface area (Å²) >= 11 is 0. The Labute approximate surface area is 89.5 Å². The largest absolute Gasteiger partial charge is 0.481 e. The van der Waals surface area contributed by atoms with Gasteiger partial charge in [0.2, 0.25) is 0 Å². The van der Waals surface area contributed by atoms with Gasteiger partial charge in [-0.2, -0.15) is 0 Å². The Morgan fingerprint density at radius 2 is 1.87 bits per heavy atom. The number of nitrogens with zero attached hydrogens (tertiary/aromatic N) is 1. The van der Waals surface area contributed by atoms with Gasteiger partial charge in [-0.25, -0.2) is 0 Å². The molecule has 1 aliphatic carbocycles. The van der Waals surface area contributed by atoms with Gasteiger partial charge >= 0.3 is 5.97 Å². The predicted octanol–water partition coefficient (Wildman–Crippen LogP) is 0.539. The first-order chi connectivity index (χ1) is 7.00. The Bertz CT molecular complexity index is 253. The smallest absolute Gasteiger partial charge is 0.306 e. The van der Waals surface area contributed by atoms with Crippen LogP contribution in [0, 0.1) is 11.8 Å². The van der Waals surface area contributed by atoms with Gasteiger partial charge in [0, 0.05) is 0 Å². The van der Waals surface area contributed by atoms with Gasteiger partial charge in [0.1, 0.15) is 0 Å². The summed E-state index contributed by atoms with van der Waals surface area (Å²) in [7, 11) is 0. The minimum atomic E-state index is -0.678. The van der Waals surface area contributed by atoms with Crippen LogP contribution >= 0.6 is 0 Å². The first-order valence-corrected chi connectivity index (χ1v) is 5.32. The molecule has 0 aromatic rings. The number of hydrogen-bond donors (Lipinski definition) is 3. The van der Waals surface area contributed by atoms with Crippen molar-refractivity contribution in [3.05, 3.63) is 0 Å². The van der Waals surface area contributed by atoms with Gasteiger partial charge in [0.25, 0.3) is 0 Å². The molecule has 1 unspecified atom stereocenters. The second kappa shape index (κ2) is 5.00. The zero-order valence-electron chi connectivity index (χ0n) is 9.02. The quantitative estimate of drug-likeness (QED) is 0.470. The third-order valence-corrected chi connectivity index (χ3v) is 3.16. The molecule has 0 heterocycles. The fraction of sp³-hybridized carbons (Fsp3) is 0.800. The van der Waals surface area contributed by atoms with E-state index in [2.05, 4.69) is 4.99 Å². The standard InChI is InChI=1S/C10H19N3O2/c1-6(13-10(11)12)7-2-4-8(5-3-7)9(14)15/h6-8H,2-5H2,1H3,(H,14,15)(H4,11,12,13). The number of aliphatic carboxylic acids is 1. The van der Waals surface area contributed by atoms with Gasteiger partial charge in [-0.15, -0.1) is 0 Å². The maximum absolute atomic E-state index is 10.7. The van der Waals surface area contributed by atoms with Crippen LogP contribution in [-0.4, -0.2) is 23.1 Å². The second-order valence-electron chi connectivity index (χ2n) is 4.24. The van der Waals surface area contributed by atoms with Crippen LogP contribution in [0.3, 0.4) is 0 Å². The molecule has 1 aliphatic rings. The van der Waals surface area contributed by atoms with Gasteiger partial charge < -0.3 is 16.6 Å². The van der Waals surface area contributed by atoms with E-state index in [-0.39, 0.29) is 17.9 Å². The van der Waals surface area contributed by atoms with Crippen molar-refractivity contribution in [3.8, 4) is 0 Å². The number of aliphatic imine (C=N–C) groups is 1. The van der Waals surface area contributed by atoms with Gasteiger partial charge in [-0.3, -0.25) is 9.79 Å². The SMILES string of the molecule is CC(N=C(N)N)C1CCC(C(=O)O)CC1. The molecular formula is C10H19N3O2.